The molecule has 3 nitrogen and oxygen atoms in total. The van der Waals surface area contributed by atoms with Crippen LogP contribution >= 0.6 is 11.3 Å². The molecule has 0 saturated heterocycles. The fourth-order valence-corrected chi connectivity index (χ4v) is 1.94. The predicted molar refractivity (Wildman–Crippen MR) is 49.5 cm³/mol. The molecule has 68 valence electrons. The molecule has 0 aliphatic heterocycles. The highest BCUT2D eigenvalue weighted by molar-refractivity contribution is 7.10. The summed E-state index contributed by atoms with van der Waals surface area (Å²) in [6.45, 7) is 1.92. The van der Waals surface area contributed by atoms with Crippen LogP contribution in [-0.4, -0.2) is 11.1 Å². The molecule has 1 aromatic rings. The van der Waals surface area contributed by atoms with Crippen LogP contribution in [0, 0.1) is 24.2 Å². The van der Waals surface area contributed by atoms with Crippen LogP contribution in [0.1, 0.15) is 10.4 Å². The highest BCUT2D eigenvalue weighted by atomic mass is 32.1. The van der Waals surface area contributed by atoms with E-state index in [1.54, 1.807) is 6.07 Å². The van der Waals surface area contributed by atoms with Gasteiger partial charge in [0, 0.05) is 11.3 Å². The van der Waals surface area contributed by atoms with Gasteiger partial charge >= 0.3 is 5.97 Å². The third-order valence-corrected chi connectivity index (χ3v) is 2.86. The molecule has 0 aromatic carbocycles. The van der Waals surface area contributed by atoms with E-state index in [-0.39, 0.29) is 0 Å². The molecule has 0 unspecified atom stereocenters. The second-order valence-corrected chi connectivity index (χ2v) is 3.75. The minimum atomic E-state index is -1.05. The van der Waals surface area contributed by atoms with E-state index in [0.717, 1.165) is 10.4 Å². The van der Waals surface area contributed by atoms with Crippen LogP contribution in [0.4, 0.5) is 0 Å². The van der Waals surface area contributed by atoms with Gasteiger partial charge in [0.05, 0.1) is 6.07 Å². The van der Waals surface area contributed by atoms with Crippen molar-refractivity contribution in [1.82, 2.24) is 0 Å². The Morgan fingerprint density at radius 1 is 1.85 bits per heavy atom. The lowest BCUT2D eigenvalue weighted by atomic mass is 10.1. The van der Waals surface area contributed by atoms with Gasteiger partial charge in [-0.3, -0.25) is 4.79 Å². The zero-order valence-electron chi connectivity index (χ0n) is 7.15. The van der Waals surface area contributed by atoms with E-state index in [1.165, 1.54) is 11.3 Å². The van der Waals surface area contributed by atoms with Crippen molar-refractivity contribution in [2.24, 2.45) is 5.92 Å². The maximum atomic E-state index is 10.6. The summed E-state index contributed by atoms with van der Waals surface area (Å²) in [6.07, 6.45) is 0.315. The van der Waals surface area contributed by atoms with E-state index < -0.39 is 11.9 Å². The Balaban J connectivity index is 2.74. The van der Waals surface area contributed by atoms with E-state index >= 15 is 0 Å². The highest BCUT2D eigenvalue weighted by Gasteiger charge is 2.18. The van der Waals surface area contributed by atoms with Gasteiger partial charge in [0.15, 0.2) is 0 Å². The van der Waals surface area contributed by atoms with Gasteiger partial charge in [-0.25, -0.2) is 0 Å². The quantitative estimate of drug-likeness (QED) is 0.800. The lowest BCUT2D eigenvalue weighted by Crippen LogP contribution is -2.13. The largest absolute Gasteiger partial charge is 0.480 e. The molecule has 0 spiro atoms. The number of hydrogen-bond acceptors (Lipinski definition) is 3. The number of carboxylic acids is 1. The molecular weight excluding hydrogens is 186 g/mol. The first-order valence-electron chi connectivity index (χ1n) is 3.80. The lowest BCUT2D eigenvalue weighted by Gasteiger charge is -2.01. The fourth-order valence-electron chi connectivity index (χ4n) is 0.987. The first kappa shape index (κ1) is 9.75. The maximum absolute atomic E-state index is 10.6. The average molecular weight is 195 g/mol. The van der Waals surface area contributed by atoms with Gasteiger partial charge in [-0.15, -0.1) is 11.3 Å². The molecule has 0 bridgehead atoms. The SMILES string of the molecule is Cc1ccsc1C[C@@H](C#N)C(=O)O. The van der Waals surface area contributed by atoms with Crippen molar-refractivity contribution in [2.75, 3.05) is 0 Å². The van der Waals surface area contributed by atoms with Crippen LogP contribution in [-0.2, 0) is 11.2 Å². The van der Waals surface area contributed by atoms with Crippen molar-refractivity contribution in [2.45, 2.75) is 13.3 Å². The molecule has 0 aliphatic rings. The molecule has 1 heterocycles. The van der Waals surface area contributed by atoms with E-state index in [9.17, 15) is 4.79 Å². The van der Waals surface area contributed by atoms with Gasteiger partial charge in [0.25, 0.3) is 0 Å². The molecule has 0 fully saturated rings. The number of rotatable bonds is 3. The molecule has 4 heteroatoms. The Morgan fingerprint density at radius 3 is 2.92 bits per heavy atom. The standard InChI is InChI=1S/C9H9NO2S/c1-6-2-3-13-8(6)4-7(5-10)9(11)12/h2-3,7H,4H2,1H3,(H,11,12)/t7-/m0/s1. The number of nitriles is 1. The van der Waals surface area contributed by atoms with Crippen molar-refractivity contribution in [3.8, 4) is 6.07 Å². The first-order chi connectivity index (χ1) is 6.15. The van der Waals surface area contributed by atoms with Crippen molar-refractivity contribution in [3.63, 3.8) is 0 Å². The van der Waals surface area contributed by atoms with Gasteiger partial charge in [-0.05, 0) is 23.9 Å². The molecule has 1 rings (SSSR count). The summed E-state index contributed by atoms with van der Waals surface area (Å²) in [5.74, 6) is -1.97. The molecular formula is C9H9NO2S. The Hall–Kier alpha value is -1.34. The second-order valence-electron chi connectivity index (χ2n) is 2.75. The smallest absolute Gasteiger partial charge is 0.321 e. The van der Waals surface area contributed by atoms with Crippen LogP contribution in [0.2, 0.25) is 0 Å². The zero-order valence-corrected chi connectivity index (χ0v) is 7.97. The summed E-state index contributed by atoms with van der Waals surface area (Å²) >= 11 is 1.50. The summed E-state index contributed by atoms with van der Waals surface area (Å²) in [4.78, 5) is 11.5. The number of thiophene rings is 1. The Morgan fingerprint density at radius 2 is 2.54 bits per heavy atom. The summed E-state index contributed by atoms with van der Waals surface area (Å²) < 4.78 is 0. The number of carbonyl (C=O) groups is 1. The van der Waals surface area contributed by atoms with Crippen LogP contribution in [0.15, 0.2) is 11.4 Å². The number of hydrogen-bond donors (Lipinski definition) is 1. The summed E-state index contributed by atoms with van der Waals surface area (Å²) in [5, 5.41) is 19.1. The number of aryl methyl sites for hydroxylation is 1. The summed E-state index contributed by atoms with van der Waals surface area (Å²) in [7, 11) is 0. The van der Waals surface area contributed by atoms with Crippen molar-refractivity contribution in [3.05, 3.63) is 21.9 Å². The number of carboxylic acid groups (broad SMARTS) is 1. The molecule has 0 radical (unpaired) electrons. The average Bonchev–Trinajstić information content (AvgIpc) is 2.46. The minimum absolute atomic E-state index is 0.315. The molecule has 0 aliphatic carbocycles. The third-order valence-electron chi connectivity index (χ3n) is 1.81. The monoisotopic (exact) mass is 195 g/mol. The van der Waals surface area contributed by atoms with Crippen LogP contribution < -0.4 is 0 Å². The summed E-state index contributed by atoms with van der Waals surface area (Å²) in [5.41, 5.74) is 1.06. The Labute approximate surface area is 80.2 Å². The third kappa shape index (κ3) is 2.30. The highest BCUT2D eigenvalue weighted by Crippen LogP contribution is 2.19. The Kier molecular flexibility index (Phi) is 3.04. The summed E-state index contributed by atoms with van der Waals surface area (Å²) in [6, 6.07) is 3.70. The molecule has 0 saturated carbocycles. The number of nitrogens with zero attached hydrogens (tertiary/aromatic N) is 1. The van der Waals surface area contributed by atoms with Gasteiger partial charge in [-0.1, -0.05) is 0 Å². The van der Waals surface area contributed by atoms with E-state index in [4.69, 9.17) is 10.4 Å². The molecule has 0 amide bonds. The molecule has 1 atom stereocenters. The predicted octanol–water partition coefficient (Wildman–Crippen LogP) is 1.82. The van der Waals surface area contributed by atoms with Gasteiger partial charge in [0.1, 0.15) is 5.92 Å². The molecule has 13 heavy (non-hydrogen) atoms. The van der Waals surface area contributed by atoms with Crippen molar-refractivity contribution >= 4 is 17.3 Å². The Bertz CT molecular complexity index is 351. The van der Waals surface area contributed by atoms with Crippen LogP contribution in [0.25, 0.3) is 0 Å². The molecule has 1 N–H and O–H groups in total. The second kappa shape index (κ2) is 4.06. The van der Waals surface area contributed by atoms with Crippen LogP contribution in [0.3, 0.4) is 0 Å². The van der Waals surface area contributed by atoms with Crippen molar-refractivity contribution in [1.29, 1.82) is 5.26 Å². The van der Waals surface area contributed by atoms with Gasteiger partial charge in [0.2, 0.25) is 0 Å². The maximum Gasteiger partial charge on any atom is 0.321 e. The minimum Gasteiger partial charge on any atom is -0.480 e. The van der Waals surface area contributed by atoms with E-state index in [2.05, 4.69) is 0 Å². The van der Waals surface area contributed by atoms with Crippen molar-refractivity contribution < 1.29 is 9.90 Å². The first-order valence-corrected chi connectivity index (χ1v) is 4.68. The van der Waals surface area contributed by atoms with E-state index in [0.29, 0.717) is 6.42 Å². The fraction of sp³-hybridized carbons (Fsp3) is 0.333. The topological polar surface area (TPSA) is 61.1 Å². The van der Waals surface area contributed by atoms with Gasteiger partial charge in [-0.2, -0.15) is 5.26 Å². The number of aliphatic carboxylic acids is 1. The van der Waals surface area contributed by atoms with E-state index in [1.807, 2.05) is 18.4 Å². The zero-order chi connectivity index (χ0) is 9.84. The molecule has 1 aromatic heterocycles. The lowest BCUT2D eigenvalue weighted by molar-refractivity contribution is -0.139. The normalized spacial score (nSPS) is 12.0. The van der Waals surface area contributed by atoms with Gasteiger partial charge < -0.3 is 5.11 Å². The van der Waals surface area contributed by atoms with Crippen LogP contribution in [0.5, 0.6) is 0 Å².